The smallest absolute Gasteiger partial charge is 0.245 e. The number of nitrogens with zero attached hydrogens (tertiary/aromatic N) is 2. The Morgan fingerprint density at radius 3 is 2.50 bits per heavy atom. The molecule has 0 spiro atoms. The molecule has 0 aliphatic carbocycles. The van der Waals surface area contributed by atoms with Crippen molar-refractivity contribution in [3.8, 4) is 0 Å². The molecule has 0 radical (unpaired) electrons. The van der Waals surface area contributed by atoms with Crippen LogP contribution in [0, 0.1) is 0 Å². The van der Waals surface area contributed by atoms with Crippen molar-refractivity contribution in [3.05, 3.63) is 35.9 Å². The van der Waals surface area contributed by atoms with Gasteiger partial charge in [0.25, 0.3) is 0 Å². The summed E-state index contributed by atoms with van der Waals surface area (Å²) in [5, 5.41) is 3.46. The van der Waals surface area contributed by atoms with Gasteiger partial charge in [0, 0.05) is 12.6 Å². The molecule has 1 aromatic carbocycles. The van der Waals surface area contributed by atoms with Crippen LogP contribution >= 0.6 is 0 Å². The van der Waals surface area contributed by atoms with Crippen molar-refractivity contribution in [2.24, 2.45) is 0 Å². The van der Waals surface area contributed by atoms with Crippen molar-refractivity contribution < 1.29 is 4.79 Å². The molecule has 20 heavy (non-hydrogen) atoms. The number of likely N-dealkylation sites (N-methyl/N-ethyl adjacent to an activating group) is 1. The van der Waals surface area contributed by atoms with E-state index in [4.69, 9.17) is 0 Å². The highest BCUT2D eigenvalue weighted by Crippen LogP contribution is 2.25. The summed E-state index contributed by atoms with van der Waals surface area (Å²) in [4.78, 5) is 16.8. The fraction of sp³-hybridized carbons (Fsp3) is 0.562. The molecular formula is C16H25N3O. The summed E-state index contributed by atoms with van der Waals surface area (Å²) in [6.45, 7) is 5.03. The number of nitrogens with one attached hydrogen (secondary N) is 1. The predicted octanol–water partition coefficient (Wildman–Crippen LogP) is 1.85. The Labute approximate surface area is 121 Å². The summed E-state index contributed by atoms with van der Waals surface area (Å²) in [5.74, 6) is 0.191. The fourth-order valence-electron chi connectivity index (χ4n) is 2.56. The summed E-state index contributed by atoms with van der Waals surface area (Å²) < 4.78 is 0. The molecule has 1 saturated heterocycles. The van der Waals surface area contributed by atoms with Crippen LogP contribution in [-0.4, -0.2) is 48.6 Å². The highest BCUT2D eigenvalue weighted by Gasteiger charge is 2.39. The van der Waals surface area contributed by atoms with Gasteiger partial charge in [-0.15, -0.1) is 0 Å². The summed E-state index contributed by atoms with van der Waals surface area (Å²) in [6.07, 6.45) is 1.06. The minimum Gasteiger partial charge on any atom is -0.324 e. The van der Waals surface area contributed by atoms with Crippen molar-refractivity contribution in [2.45, 2.75) is 38.5 Å². The van der Waals surface area contributed by atoms with Crippen molar-refractivity contribution in [3.63, 3.8) is 0 Å². The van der Waals surface area contributed by atoms with Crippen LogP contribution in [0.1, 0.15) is 31.9 Å². The molecule has 0 aromatic heterocycles. The molecule has 0 saturated carbocycles. The zero-order valence-corrected chi connectivity index (χ0v) is 12.8. The van der Waals surface area contributed by atoms with Crippen molar-refractivity contribution >= 4 is 5.91 Å². The van der Waals surface area contributed by atoms with E-state index in [9.17, 15) is 4.79 Å². The minimum atomic E-state index is -0.199. The first-order valence-corrected chi connectivity index (χ1v) is 7.32. The highest BCUT2D eigenvalue weighted by atomic mass is 16.2. The fourth-order valence-corrected chi connectivity index (χ4v) is 2.56. The summed E-state index contributed by atoms with van der Waals surface area (Å²) in [6, 6.07) is 10.1. The van der Waals surface area contributed by atoms with E-state index in [-0.39, 0.29) is 18.1 Å². The number of hydrogen-bond donors (Lipinski definition) is 1. The number of hydrogen-bond acceptors (Lipinski definition) is 3. The second-order valence-corrected chi connectivity index (χ2v) is 5.74. The Kier molecular flexibility index (Phi) is 4.78. The number of amides is 1. The third kappa shape index (κ3) is 3.02. The van der Waals surface area contributed by atoms with Crippen LogP contribution in [0.3, 0.4) is 0 Å². The van der Waals surface area contributed by atoms with Crippen molar-refractivity contribution in [1.82, 2.24) is 15.1 Å². The molecule has 3 unspecified atom stereocenters. The first-order valence-electron chi connectivity index (χ1n) is 7.32. The highest BCUT2D eigenvalue weighted by molar-refractivity contribution is 5.85. The maximum absolute atomic E-state index is 12.7. The molecule has 0 bridgehead atoms. The van der Waals surface area contributed by atoms with E-state index in [0.717, 1.165) is 18.5 Å². The zero-order valence-electron chi connectivity index (χ0n) is 12.8. The molecular weight excluding hydrogens is 250 g/mol. The van der Waals surface area contributed by atoms with Gasteiger partial charge in [-0.25, -0.2) is 0 Å². The van der Waals surface area contributed by atoms with Gasteiger partial charge in [0.15, 0.2) is 0 Å². The largest absolute Gasteiger partial charge is 0.324 e. The molecule has 4 heteroatoms. The third-order valence-electron chi connectivity index (χ3n) is 4.13. The Balaban J connectivity index is 2.15. The second kappa shape index (κ2) is 6.37. The molecule has 1 heterocycles. The quantitative estimate of drug-likeness (QED) is 0.891. The molecule has 1 amide bonds. The number of rotatable bonds is 5. The first-order chi connectivity index (χ1) is 9.54. The van der Waals surface area contributed by atoms with Crippen LogP contribution in [-0.2, 0) is 4.79 Å². The Morgan fingerprint density at radius 2 is 1.95 bits per heavy atom. The van der Waals surface area contributed by atoms with Gasteiger partial charge in [-0.3, -0.25) is 10.1 Å². The Hall–Kier alpha value is -1.39. The summed E-state index contributed by atoms with van der Waals surface area (Å²) >= 11 is 0. The molecule has 1 fully saturated rings. The standard InChI is InChI=1S/C16H25N3O/c1-5-14-17-15(13-9-7-6-8-10-13)16(20)19(14)11-12(2)18(3)4/h6-10,12,14-15,17H,5,11H2,1-4H3. The predicted molar refractivity (Wildman–Crippen MR) is 81.3 cm³/mol. The molecule has 2 rings (SSSR count). The average molecular weight is 275 g/mol. The van der Waals surface area contributed by atoms with E-state index in [1.165, 1.54) is 0 Å². The van der Waals surface area contributed by atoms with Crippen LogP contribution < -0.4 is 5.32 Å². The van der Waals surface area contributed by atoms with Gasteiger partial charge in [0.2, 0.25) is 5.91 Å². The SMILES string of the molecule is CCC1NC(c2ccccc2)C(=O)N1CC(C)N(C)C. The lowest BCUT2D eigenvalue weighted by Crippen LogP contribution is -2.44. The van der Waals surface area contributed by atoms with Gasteiger partial charge in [-0.1, -0.05) is 37.3 Å². The van der Waals surface area contributed by atoms with Crippen LogP contribution in [0.15, 0.2) is 30.3 Å². The molecule has 4 nitrogen and oxygen atoms in total. The van der Waals surface area contributed by atoms with Gasteiger partial charge in [-0.2, -0.15) is 0 Å². The number of carbonyl (C=O) groups is 1. The van der Waals surface area contributed by atoms with Crippen molar-refractivity contribution in [1.29, 1.82) is 0 Å². The summed E-state index contributed by atoms with van der Waals surface area (Å²) in [5.41, 5.74) is 1.05. The lowest BCUT2D eigenvalue weighted by Gasteiger charge is -2.29. The average Bonchev–Trinajstić information content (AvgIpc) is 2.76. The monoisotopic (exact) mass is 275 g/mol. The number of carbonyl (C=O) groups excluding carboxylic acids is 1. The molecule has 1 aliphatic rings. The number of benzene rings is 1. The van der Waals surface area contributed by atoms with E-state index in [2.05, 4.69) is 24.1 Å². The van der Waals surface area contributed by atoms with Crippen LogP contribution in [0.25, 0.3) is 0 Å². The molecule has 110 valence electrons. The summed E-state index contributed by atoms with van der Waals surface area (Å²) in [7, 11) is 4.10. The van der Waals surface area contributed by atoms with Gasteiger partial charge < -0.3 is 9.80 Å². The topological polar surface area (TPSA) is 35.6 Å². The molecule has 1 N–H and O–H groups in total. The maximum atomic E-state index is 12.7. The molecule has 1 aromatic rings. The second-order valence-electron chi connectivity index (χ2n) is 5.74. The Bertz CT molecular complexity index is 446. The lowest BCUT2D eigenvalue weighted by atomic mass is 10.1. The van der Waals surface area contributed by atoms with E-state index < -0.39 is 0 Å². The van der Waals surface area contributed by atoms with Crippen molar-refractivity contribution in [2.75, 3.05) is 20.6 Å². The van der Waals surface area contributed by atoms with Gasteiger partial charge in [0.05, 0.1) is 6.17 Å². The van der Waals surface area contributed by atoms with Gasteiger partial charge >= 0.3 is 0 Å². The maximum Gasteiger partial charge on any atom is 0.245 e. The normalized spacial score (nSPS) is 24.4. The van der Waals surface area contributed by atoms with E-state index in [1.807, 2.05) is 49.3 Å². The lowest BCUT2D eigenvalue weighted by molar-refractivity contribution is -0.130. The van der Waals surface area contributed by atoms with Crippen LogP contribution in [0.4, 0.5) is 0 Å². The van der Waals surface area contributed by atoms with Gasteiger partial charge in [0.1, 0.15) is 6.04 Å². The van der Waals surface area contributed by atoms with E-state index in [1.54, 1.807) is 0 Å². The van der Waals surface area contributed by atoms with Crippen LogP contribution in [0.2, 0.25) is 0 Å². The Morgan fingerprint density at radius 1 is 1.30 bits per heavy atom. The molecule has 1 aliphatic heterocycles. The van der Waals surface area contributed by atoms with Gasteiger partial charge in [-0.05, 0) is 33.0 Å². The third-order valence-corrected chi connectivity index (χ3v) is 4.13. The zero-order chi connectivity index (χ0) is 14.7. The van der Waals surface area contributed by atoms with E-state index in [0.29, 0.717) is 6.04 Å². The van der Waals surface area contributed by atoms with Crippen LogP contribution in [0.5, 0.6) is 0 Å². The first kappa shape index (κ1) is 15.0. The van der Waals surface area contributed by atoms with E-state index >= 15 is 0 Å². The minimum absolute atomic E-state index is 0.134. The molecule has 3 atom stereocenters.